The van der Waals surface area contributed by atoms with E-state index < -0.39 is 24.0 Å². The van der Waals surface area contributed by atoms with Gasteiger partial charge in [0.1, 0.15) is 0 Å². The zero-order valence-electron chi connectivity index (χ0n) is 12.6. The van der Waals surface area contributed by atoms with Crippen molar-refractivity contribution in [3.8, 4) is 0 Å². The standard InChI is InChI=1S/C13H20N4O4/c1-7-10(8(2)17(4)16-7)5-6-11(18)21-9(3)12(19)15-13(14)20/h9H,5-6H2,1-4H3,(H3,14,15,19,20). The van der Waals surface area contributed by atoms with Crippen molar-refractivity contribution in [2.24, 2.45) is 12.8 Å². The minimum atomic E-state index is -1.07. The van der Waals surface area contributed by atoms with Crippen LogP contribution in [0.25, 0.3) is 0 Å². The Morgan fingerprint density at radius 2 is 2.00 bits per heavy atom. The first-order valence-corrected chi connectivity index (χ1v) is 6.51. The van der Waals surface area contributed by atoms with E-state index in [1.165, 1.54) is 6.92 Å². The lowest BCUT2D eigenvalue weighted by Gasteiger charge is -2.12. The molecule has 21 heavy (non-hydrogen) atoms. The van der Waals surface area contributed by atoms with Gasteiger partial charge in [0.05, 0.1) is 5.69 Å². The van der Waals surface area contributed by atoms with Crippen LogP contribution < -0.4 is 11.1 Å². The van der Waals surface area contributed by atoms with Gasteiger partial charge in [-0.25, -0.2) is 4.79 Å². The van der Waals surface area contributed by atoms with Crippen LogP contribution in [-0.2, 0) is 27.8 Å². The number of nitrogens with zero attached hydrogens (tertiary/aromatic N) is 2. The molecule has 0 radical (unpaired) electrons. The Bertz CT molecular complexity index is 565. The van der Waals surface area contributed by atoms with Crippen molar-refractivity contribution in [2.45, 2.75) is 39.7 Å². The third kappa shape index (κ3) is 4.59. The van der Waals surface area contributed by atoms with E-state index in [0.717, 1.165) is 17.0 Å². The third-order valence-electron chi connectivity index (χ3n) is 3.16. The molecular weight excluding hydrogens is 276 g/mol. The van der Waals surface area contributed by atoms with Crippen LogP contribution in [-0.4, -0.2) is 33.8 Å². The number of aryl methyl sites for hydroxylation is 2. The first-order valence-electron chi connectivity index (χ1n) is 6.51. The van der Waals surface area contributed by atoms with E-state index in [1.807, 2.05) is 26.2 Å². The van der Waals surface area contributed by atoms with Crippen LogP contribution in [0.2, 0.25) is 0 Å². The largest absolute Gasteiger partial charge is 0.453 e. The summed E-state index contributed by atoms with van der Waals surface area (Å²) in [5.41, 5.74) is 7.65. The number of amides is 3. The average Bonchev–Trinajstić information content (AvgIpc) is 2.60. The van der Waals surface area contributed by atoms with Crippen LogP contribution in [0.15, 0.2) is 0 Å². The van der Waals surface area contributed by atoms with Crippen LogP contribution in [0.5, 0.6) is 0 Å². The second-order valence-electron chi connectivity index (χ2n) is 4.76. The van der Waals surface area contributed by atoms with Gasteiger partial charge in [-0.2, -0.15) is 5.10 Å². The SMILES string of the molecule is Cc1nn(C)c(C)c1CCC(=O)OC(C)C(=O)NC(N)=O. The van der Waals surface area contributed by atoms with Crippen LogP contribution >= 0.6 is 0 Å². The first-order chi connectivity index (χ1) is 9.72. The van der Waals surface area contributed by atoms with E-state index in [1.54, 1.807) is 4.68 Å². The van der Waals surface area contributed by atoms with Gasteiger partial charge in [0, 0.05) is 19.2 Å². The number of carbonyl (C=O) groups is 3. The molecule has 1 heterocycles. The van der Waals surface area contributed by atoms with Gasteiger partial charge < -0.3 is 10.5 Å². The predicted octanol–water partition coefficient (Wildman–Crippen LogP) is 0.0961. The van der Waals surface area contributed by atoms with Gasteiger partial charge in [-0.05, 0) is 32.8 Å². The number of nitrogens with one attached hydrogen (secondary N) is 1. The summed E-state index contributed by atoms with van der Waals surface area (Å²) in [7, 11) is 1.83. The minimum Gasteiger partial charge on any atom is -0.453 e. The summed E-state index contributed by atoms with van der Waals surface area (Å²) < 4.78 is 6.68. The third-order valence-corrected chi connectivity index (χ3v) is 3.16. The molecule has 0 saturated heterocycles. The normalized spacial score (nSPS) is 11.8. The number of hydrogen-bond acceptors (Lipinski definition) is 5. The summed E-state index contributed by atoms with van der Waals surface area (Å²) in [4.78, 5) is 33.6. The van der Waals surface area contributed by atoms with Crippen LogP contribution in [0, 0.1) is 13.8 Å². The van der Waals surface area contributed by atoms with Gasteiger partial charge in [-0.15, -0.1) is 0 Å². The molecule has 1 aromatic heterocycles. The van der Waals surface area contributed by atoms with Crippen molar-refractivity contribution in [1.82, 2.24) is 15.1 Å². The maximum absolute atomic E-state index is 11.7. The second kappa shape index (κ2) is 6.87. The molecule has 1 unspecified atom stereocenters. The van der Waals surface area contributed by atoms with Crippen LogP contribution in [0.3, 0.4) is 0 Å². The topological polar surface area (TPSA) is 116 Å². The van der Waals surface area contributed by atoms with Gasteiger partial charge in [0.15, 0.2) is 6.10 Å². The maximum Gasteiger partial charge on any atom is 0.318 e. The summed E-state index contributed by atoms with van der Waals surface area (Å²) >= 11 is 0. The smallest absolute Gasteiger partial charge is 0.318 e. The molecule has 3 N–H and O–H groups in total. The number of nitrogens with two attached hydrogens (primary N) is 1. The molecule has 3 amide bonds. The van der Waals surface area contributed by atoms with Crippen molar-refractivity contribution >= 4 is 17.9 Å². The van der Waals surface area contributed by atoms with Gasteiger partial charge in [-0.3, -0.25) is 19.6 Å². The molecular formula is C13H20N4O4. The second-order valence-corrected chi connectivity index (χ2v) is 4.76. The Balaban J connectivity index is 2.51. The van der Waals surface area contributed by atoms with E-state index in [0.29, 0.717) is 6.42 Å². The highest BCUT2D eigenvalue weighted by molar-refractivity contribution is 5.96. The highest BCUT2D eigenvalue weighted by Gasteiger charge is 2.19. The van der Waals surface area contributed by atoms with Gasteiger partial charge >= 0.3 is 12.0 Å². The number of primary amides is 1. The Hall–Kier alpha value is -2.38. The molecule has 0 fully saturated rings. The lowest BCUT2D eigenvalue weighted by atomic mass is 10.1. The van der Waals surface area contributed by atoms with Crippen molar-refractivity contribution in [3.05, 3.63) is 17.0 Å². The zero-order valence-corrected chi connectivity index (χ0v) is 12.6. The van der Waals surface area contributed by atoms with Crippen molar-refractivity contribution in [1.29, 1.82) is 0 Å². The van der Waals surface area contributed by atoms with Gasteiger partial charge in [0.2, 0.25) is 0 Å². The number of aromatic nitrogens is 2. The number of imide groups is 1. The zero-order chi connectivity index (χ0) is 16.2. The summed E-state index contributed by atoms with van der Waals surface area (Å²) in [6.07, 6.45) is -0.461. The number of urea groups is 1. The maximum atomic E-state index is 11.7. The number of carbonyl (C=O) groups excluding carboxylic acids is 3. The highest BCUT2D eigenvalue weighted by Crippen LogP contribution is 2.14. The van der Waals surface area contributed by atoms with E-state index in [4.69, 9.17) is 10.5 Å². The van der Waals surface area contributed by atoms with Gasteiger partial charge in [0.25, 0.3) is 5.91 Å². The van der Waals surface area contributed by atoms with E-state index in [9.17, 15) is 14.4 Å². The first kappa shape index (κ1) is 16.7. The average molecular weight is 296 g/mol. The van der Waals surface area contributed by atoms with E-state index in [-0.39, 0.29) is 6.42 Å². The minimum absolute atomic E-state index is 0.127. The molecule has 8 nitrogen and oxygen atoms in total. The van der Waals surface area contributed by atoms with Crippen molar-refractivity contribution in [3.63, 3.8) is 0 Å². The van der Waals surface area contributed by atoms with E-state index in [2.05, 4.69) is 5.10 Å². The number of hydrogen-bond donors (Lipinski definition) is 2. The van der Waals surface area contributed by atoms with Crippen molar-refractivity contribution in [2.75, 3.05) is 0 Å². The predicted molar refractivity (Wildman–Crippen MR) is 74.3 cm³/mol. The fourth-order valence-corrected chi connectivity index (χ4v) is 1.94. The molecule has 8 heteroatoms. The molecule has 1 rings (SSSR count). The van der Waals surface area contributed by atoms with Crippen molar-refractivity contribution < 1.29 is 19.1 Å². The molecule has 0 aliphatic carbocycles. The van der Waals surface area contributed by atoms with Crippen LogP contribution in [0.1, 0.15) is 30.3 Å². The Morgan fingerprint density at radius 1 is 1.38 bits per heavy atom. The fourth-order valence-electron chi connectivity index (χ4n) is 1.94. The fraction of sp³-hybridized carbons (Fsp3) is 0.538. The molecule has 0 saturated carbocycles. The molecule has 0 bridgehead atoms. The number of rotatable bonds is 5. The Labute approximate surface area is 122 Å². The van der Waals surface area contributed by atoms with Crippen LogP contribution in [0.4, 0.5) is 4.79 Å². The molecule has 0 aliphatic rings. The molecule has 0 spiro atoms. The summed E-state index contributed by atoms with van der Waals surface area (Å²) in [5.74, 6) is -1.27. The Morgan fingerprint density at radius 3 is 2.48 bits per heavy atom. The summed E-state index contributed by atoms with van der Waals surface area (Å²) in [6, 6.07) is -0.982. The van der Waals surface area contributed by atoms with Gasteiger partial charge in [-0.1, -0.05) is 0 Å². The molecule has 1 aromatic rings. The number of esters is 1. The lowest BCUT2D eigenvalue weighted by Crippen LogP contribution is -2.42. The Kier molecular flexibility index (Phi) is 5.45. The molecule has 0 aliphatic heterocycles. The summed E-state index contributed by atoms with van der Waals surface area (Å²) in [6.45, 7) is 5.16. The lowest BCUT2D eigenvalue weighted by molar-refractivity contribution is -0.154. The summed E-state index contributed by atoms with van der Waals surface area (Å²) in [5, 5.41) is 6.11. The monoisotopic (exact) mass is 296 g/mol. The van der Waals surface area contributed by atoms with E-state index >= 15 is 0 Å². The molecule has 116 valence electrons. The quantitative estimate of drug-likeness (QED) is 0.747. The number of ether oxygens (including phenoxy) is 1. The molecule has 1 atom stereocenters. The highest BCUT2D eigenvalue weighted by atomic mass is 16.5. The molecule has 0 aromatic carbocycles.